The lowest BCUT2D eigenvalue weighted by atomic mass is 10.1. The second-order valence-corrected chi connectivity index (χ2v) is 4.46. The first kappa shape index (κ1) is 13.2. The van der Waals surface area contributed by atoms with Crippen LogP contribution in [0.15, 0.2) is 35.1 Å². The molecule has 5 heteroatoms. The quantitative estimate of drug-likeness (QED) is 0.788. The highest BCUT2D eigenvalue weighted by molar-refractivity contribution is 7.71. The molecule has 0 aliphatic carbocycles. The smallest absolute Gasteiger partial charge is 0.272 e. The van der Waals surface area contributed by atoms with E-state index in [0.717, 1.165) is 5.56 Å². The number of nitrogens with zero attached hydrogens (tertiary/aromatic N) is 3. The Labute approximate surface area is 116 Å². The summed E-state index contributed by atoms with van der Waals surface area (Å²) in [6.07, 6.45) is 0. The SMILES string of the molecule is CCn1c(-c2ccccc2)c(C#N)c(=O)n(C)c1=S. The lowest BCUT2D eigenvalue weighted by Gasteiger charge is -2.15. The Bertz CT molecular complexity index is 766. The number of hydrogen-bond donors (Lipinski definition) is 0. The van der Waals surface area contributed by atoms with Crippen LogP contribution in [0.1, 0.15) is 12.5 Å². The first-order chi connectivity index (χ1) is 9.11. The van der Waals surface area contributed by atoms with Crippen LogP contribution in [0, 0.1) is 16.1 Å². The molecule has 0 saturated carbocycles. The molecule has 0 N–H and O–H groups in total. The maximum absolute atomic E-state index is 12.1. The maximum Gasteiger partial charge on any atom is 0.272 e. The molecular weight excluding hydrogens is 258 g/mol. The Morgan fingerprint density at radius 3 is 2.47 bits per heavy atom. The molecule has 0 fully saturated rings. The van der Waals surface area contributed by atoms with Crippen LogP contribution in [-0.4, -0.2) is 9.13 Å². The van der Waals surface area contributed by atoms with Gasteiger partial charge >= 0.3 is 0 Å². The summed E-state index contributed by atoms with van der Waals surface area (Å²) in [4.78, 5) is 12.1. The molecule has 2 rings (SSSR count). The van der Waals surface area contributed by atoms with Crippen LogP contribution >= 0.6 is 12.2 Å². The van der Waals surface area contributed by atoms with Crippen LogP contribution in [0.5, 0.6) is 0 Å². The van der Waals surface area contributed by atoms with E-state index in [1.807, 2.05) is 47.9 Å². The van der Waals surface area contributed by atoms with Gasteiger partial charge in [-0.25, -0.2) is 0 Å². The van der Waals surface area contributed by atoms with Gasteiger partial charge in [0.2, 0.25) is 0 Å². The highest BCUT2D eigenvalue weighted by Gasteiger charge is 2.16. The molecular formula is C14H13N3OS. The van der Waals surface area contributed by atoms with E-state index < -0.39 is 0 Å². The fourth-order valence-electron chi connectivity index (χ4n) is 2.06. The van der Waals surface area contributed by atoms with Crippen molar-refractivity contribution in [1.29, 1.82) is 5.26 Å². The van der Waals surface area contributed by atoms with E-state index in [4.69, 9.17) is 12.2 Å². The van der Waals surface area contributed by atoms with E-state index in [1.165, 1.54) is 4.57 Å². The second kappa shape index (κ2) is 5.21. The van der Waals surface area contributed by atoms with Gasteiger partial charge in [0.25, 0.3) is 5.56 Å². The molecule has 0 aliphatic rings. The molecule has 1 aromatic heterocycles. The van der Waals surface area contributed by atoms with Gasteiger partial charge in [0.15, 0.2) is 4.77 Å². The summed E-state index contributed by atoms with van der Waals surface area (Å²) >= 11 is 5.29. The van der Waals surface area contributed by atoms with Gasteiger partial charge in [-0.15, -0.1) is 0 Å². The van der Waals surface area contributed by atoms with Crippen LogP contribution < -0.4 is 5.56 Å². The first-order valence-electron chi connectivity index (χ1n) is 5.91. The Morgan fingerprint density at radius 2 is 1.95 bits per heavy atom. The summed E-state index contributed by atoms with van der Waals surface area (Å²) in [5.74, 6) is 0. The van der Waals surface area contributed by atoms with Crippen molar-refractivity contribution in [2.75, 3.05) is 0 Å². The fourth-order valence-corrected chi connectivity index (χ4v) is 2.36. The number of hydrogen-bond acceptors (Lipinski definition) is 3. The zero-order chi connectivity index (χ0) is 14.0. The van der Waals surface area contributed by atoms with Crippen LogP contribution in [-0.2, 0) is 13.6 Å². The molecule has 0 saturated heterocycles. The molecule has 2 aromatic rings. The van der Waals surface area contributed by atoms with Crippen molar-refractivity contribution in [1.82, 2.24) is 9.13 Å². The molecule has 0 bridgehead atoms. The summed E-state index contributed by atoms with van der Waals surface area (Å²) in [5.41, 5.74) is 1.20. The van der Waals surface area contributed by atoms with Crippen molar-refractivity contribution >= 4 is 12.2 Å². The predicted molar refractivity (Wildman–Crippen MR) is 76.3 cm³/mol. The van der Waals surface area contributed by atoms with E-state index >= 15 is 0 Å². The monoisotopic (exact) mass is 271 g/mol. The Balaban J connectivity index is 2.99. The van der Waals surface area contributed by atoms with Crippen molar-refractivity contribution in [3.8, 4) is 17.3 Å². The molecule has 1 aromatic carbocycles. The number of aromatic nitrogens is 2. The normalized spacial score (nSPS) is 10.2. The molecule has 96 valence electrons. The summed E-state index contributed by atoms with van der Waals surface area (Å²) in [7, 11) is 1.59. The molecule has 4 nitrogen and oxygen atoms in total. The average Bonchev–Trinajstić information content (AvgIpc) is 2.45. The van der Waals surface area contributed by atoms with Crippen LogP contribution in [0.2, 0.25) is 0 Å². The van der Waals surface area contributed by atoms with Gasteiger partial charge in [-0.1, -0.05) is 30.3 Å². The molecule has 0 atom stereocenters. The van der Waals surface area contributed by atoms with Crippen LogP contribution in [0.4, 0.5) is 0 Å². The number of rotatable bonds is 2. The highest BCUT2D eigenvalue weighted by Crippen LogP contribution is 2.21. The fraction of sp³-hybridized carbons (Fsp3) is 0.214. The van der Waals surface area contributed by atoms with E-state index in [2.05, 4.69) is 0 Å². The number of benzene rings is 1. The molecule has 0 spiro atoms. The lowest BCUT2D eigenvalue weighted by molar-refractivity contribution is 0.660. The molecule has 0 amide bonds. The number of nitriles is 1. The largest absolute Gasteiger partial charge is 0.317 e. The van der Waals surface area contributed by atoms with Gasteiger partial charge in [-0.2, -0.15) is 5.26 Å². The zero-order valence-electron chi connectivity index (χ0n) is 10.8. The topological polar surface area (TPSA) is 50.7 Å². The van der Waals surface area contributed by atoms with E-state index in [-0.39, 0.29) is 11.1 Å². The van der Waals surface area contributed by atoms with Gasteiger partial charge in [0.05, 0.1) is 5.69 Å². The van der Waals surface area contributed by atoms with Gasteiger partial charge in [-0.05, 0) is 24.7 Å². The van der Waals surface area contributed by atoms with Gasteiger partial charge < -0.3 is 4.57 Å². The average molecular weight is 271 g/mol. The minimum atomic E-state index is -0.351. The van der Waals surface area contributed by atoms with E-state index in [0.29, 0.717) is 17.0 Å². The third-order valence-electron chi connectivity index (χ3n) is 3.02. The summed E-state index contributed by atoms with van der Waals surface area (Å²) in [6.45, 7) is 2.54. The third-order valence-corrected chi connectivity index (χ3v) is 3.51. The third kappa shape index (κ3) is 2.11. The lowest BCUT2D eigenvalue weighted by Crippen LogP contribution is -2.26. The second-order valence-electron chi connectivity index (χ2n) is 4.09. The first-order valence-corrected chi connectivity index (χ1v) is 6.32. The van der Waals surface area contributed by atoms with Gasteiger partial charge in [-0.3, -0.25) is 9.36 Å². The van der Waals surface area contributed by atoms with E-state index in [9.17, 15) is 10.1 Å². The maximum atomic E-state index is 12.1. The molecule has 1 heterocycles. The zero-order valence-corrected chi connectivity index (χ0v) is 11.6. The summed E-state index contributed by atoms with van der Waals surface area (Å²) < 4.78 is 3.57. The van der Waals surface area contributed by atoms with E-state index in [1.54, 1.807) is 7.05 Å². The molecule has 0 aliphatic heterocycles. The van der Waals surface area contributed by atoms with Crippen molar-refractivity contribution in [3.05, 3.63) is 51.0 Å². The van der Waals surface area contributed by atoms with Crippen molar-refractivity contribution in [3.63, 3.8) is 0 Å². The van der Waals surface area contributed by atoms with Gasteiger partial charge in [0.1, 0.15) is 11.6 Å². The minimum Gasteiger partial charge on any atom is -0.317 e. The van der Waals surface area contributed by atoms with Crippen molar-refractivity contribution in [2.45, 2.75) is 13.5 Å². The van der Waals surface area contributed by atoms with Crippen molar-refractivity contribution in [2.24, 2.45) is 7.05 Å². The molecule has 0 unspecified atom stereocenters. The predicted octanol–water partition coefficient (Wildman–Crippen LogP) is 2.47. The molecule has 19 heavy (non-hydrogen) atoms. The Hall–Kier alpha value is -2.19. The summed E-state index contributed by atoms with van der Waals surface area (Å²) in [6, 6.07) is 11.4. The van der Waals surface area contributed by atoms with Crippen molar-refractivity contribution < 1.29 is 0 Å². The van der Waals surface area contributed by atoms with Crippen LogP contribution in [0.3, 0.4) is 0 Å². The van der Waals surface area contributed by atoms with Crippen LogP contribution in [0.25, 0.3) is 11.3 Å². The molecule has 0 radical (unpaired) electrons. The Kier molecular flexibility index (Phi) is 3.63. The van der Waals surface area contributed by atoms with Gasteiger partial charge in [0, 0.05) is 13.6 Å². The highest BCUT2D eigenvalue weighted by atomic mass is 32.1. The Morgan fingerprint density at radius 1 is 1.32 bits per heavy atom. The summed E-state index contributed by atoms with van der Waals surface area (Å²) in [5, 5.41) is 9.29. The minimum absolute atomic E-state index is 0.129. The standard InChI is InChI=1S/C14H13N3OS/c1-3-17-12(10-7-5-4-6-8-10)11(9-15)13(18)16(2)14(17)19/h4-8H,3H2,1-2H3.